The van der Waals surface area contributed by atoms with Crippen molar-refractivity contribution in [3.63, 3.8) is 0 Å². The van der Waals surface area contributed by atoms with E-state index in [-0.39, 0.29) is 30.5 Å². The number of aldehydes is 1. The number of carbonyl (C=O) groups excluding carboxylic acids is 1. The lowest BCUT2D eigenvalue weighted by Gasteiger charge is -2.28. The Morgan fingerprint density at radius 1 is 0.968 bits per heavy atom. The molecule has 3 rings (SSSR count). The van der Waals surface area contributed by atoms with Crippen LogP contribution in [0.2, 0.25) is 0 Å². The first-order chi connectivity index (χ1) is 15.3. The van der Waals surface area contributed by atoms with Gasteiger partial charge in [-0.25, -0.2) is 0 Å². The third-order valence-electron chi connectivity index (χ3n) is 6.41. The summed E-state index contributed by atoms with van der Waals surface area (Å²) in [7, 11) is 0. The van der Waals surface area contributed by atoms with Gasteiger partial charge in [0.05, 0.1) is 25.4 Å². The molecule has 178 valence electrons. The number of ether oxygens (including phenoxy) is 5. The lowest BCUT2D eigenvalue weighted by molar-refractivity contribution is -0.193. The number of aliphatic hydroxyl groups excluding tert-OH is 1. The maximum atomic E-state index is 11.1. The Labute approximate surface area is 186 Å². The number of aliphatic hydroxyl groups is 1. The van der Waals surface area contributed by atoms with E-state index >= 15 is 0 Å². The highest BCUT2D eigenvalue weighted by Gasteiger charge is 2.42. The maximum Gasteiger partial charge on any atom is 0.157 e. The molecule has 7 heteroatoms. The molecule has 3 fully saturated rings. The number of hydrogen-bond donors (Lipinski definition) is 1. The molecule has 31 heavy (non-hydrogen) atoms. The molecule has 0 aromatic rings. The van der Waals surface area contributed by atoms with Gasteiger partial charge in [-0.1, -0.05) is 12.2 Å². The van der Waals surface area contributed by atoms with Crippen molar-refractivity contribution in [2.45, 2.75) is 89.0 Å². The molecule has 0 aromatic carbocycles. The number of allylic oxidation sites excluding steroid dienone is 1. The summed E-state index contributed by atoms with van der Waals surface area (Å²) in [6.45, 7) is 3.35. The van der Waals surface area contributed by atoms with Gasteiger partial charge in [0.1, 0.15) is 6.29 Å². The van der Waals surface area contributed by atoms with E-state index in [2.05, 4.69) is 12.2 Å². The summed E-state index contributed by atoms with van der Waals surface area (Å²) in [5.41, 5.74) is 0. The molecule has 2 saturated heterocycles. The van der Waals surface area contributed by atoms with Crippen molar-refractivity contribution >= 4 is 6.29 Å². The zero-order valence-electron chi connectivity index (χ0n) is 18.7. The topological polar surface area (TPSA) is 83.5 Å². The highest BCUT2D eigenvalue weighted by atomic mass is 16.7. The van der Waals surface area contributed by atoms with Crippen molar-refractivity contribution in [2.75, 3.05) is 33.0 Å². The lowest BCUT2D eigenvalue weighted by Crippen LogP contribution is -2.30. The van der Waals surface area contributed by atoms with Crippen molar-refractivity contribution in [3.8, 4) is 0 Å². The molecule has 6 atom stereocenters. The summed E-state index contributed by atoms with van der Waals surface area (Å²) >= 11 is 0. The summed E-state index contributed by atoms with van der Waals surface area (Å²) in [5, 5.41) is 10.5. The molecule has 2 unspecified atom stereocenters. The third-order valence-corrected chi connectivity index (χ3v) is 6.41. The highest BCUT2D eigenvalue weighted by Crippen LogP contribution is 2.38. The van der Waals surface area contributed by atoms with E-state index < -0.39 is 6.10 Å². The van der Waals surface area contributed by atoms with Crippen LogP contribution >= 0.6 is 0 Å². The number of carbonyl (C=O) groups is 1. The molecular weight excluding hydrogens is 400 g/mol. The molecule has 0 bridgehead atoms. The fourth-order valence-electron chi connectivity index (χ4n) is 4.69. The monoisotopic (exact) mass is 440 g/mol. The van der Waals surface area contributed by atoms with Gasteiger partial charge in [0, 0.05) is 44.5 Å². The van der Waals surface area contributed by atoms with Gasteiger partial charge in [-0.05, 0) is 51.4 Å². The van der Waals surface area contributed by atoms with Crippen molar-refractivity contribution in [3.05, 3.63) is 12.2 Å². The molecule has 0 amide bonds. The van der Waals surface area contributed by atoms with Crippen LogP contribution in [0.1, 0.15) is 64.2 Å². The molecule has 7 nitrogen and oxygen atoms in total. The largest absolute Gasteiger partial charge is 0.393 e. The van der Waals surface area contributed by atoms with E-state index in [0.717, 1.165) is 64.4 Å². The quantitative estimate of drug-likeness (QED) is 0.267. The smallest absolute Gasteiger partial charge is 0.157 e. The van der Waals surface area contributed by atoms with Gasteiger partial charge >= 0.3 is 0 Å². The van der Waals surface area contributed by atoms with Crippen molar-refractivity contribution < 1.29 is 33.6 Å². The Hall–Kier alpha value is -0.830. The number of rotatable bonds is 13. The Kier molecular flexibility index (Phi) is 11.5. The molecule has 0 spiro atoms. The van der Waals surface area contributed by atoms with Crippen LogP contribution < -0.4 is 0 Å². The summed E-state index contributed by atoms with van der Waals surface area (Å²) in [4.78, 5) is 11.1. The summed E-state index contributed by atoms with van der Waals surface area (Å²) < 4.78 is 28.7. The fraction of sp³-hybridized carbons (Fsp3) is 0.875. The van der Waals surface area contributed by atoms with Crippen LogP contribution in [0.25, 0.3) is 0 Å². The second kappa shape index (κ2) is 14.3. The van der Waals surface area contributed by atoms with Gasteiger partial charge in [-0.15, -0.1) is 0 Å². The van der Waals surface area contributed by atoms with Crippen LogP contribution in [-0.2, 0) is 28.5 Å². The molecule has 1 N–H and O–H groups in total. The summed E-state index contributed by atoms with van der Waals surface area (Å²) in [5.74, 6) is -0.0479. The van der Waals surface area contributed by atoms with Crippen LogP contribution in [0, 0.1) is 11.8 Å². The average molecular weight is 441 g/mol. The highest BCUT2D eigenvalue weighted by molar-refractivity contribution is 5.50. The normalized spacial score (nSPS) is 34.4. The maximum absolute atomic E-state index is 11.1. The Bertz CT molecular complexity index is 514. The first kappa shape index (κ1) is 24.8. The second-order valence-corrected chi connectivity index (χ2v) is 8.77. The number of hydrogen-bond acceptors (Lipinski definition) is 7. The molecule has 1 saturated carbocycles. The summed E-state index contributed by atoms with van der Waals surface area (Å²) in [6, 6.07) is 0. The van der Waals surface area contributed by atoms with Crippen molar-refractivity contribution in [2.24, 2.45) is 11.8 Å². The molecule has 1 aliphatic carbocycles. The standard InChI is InChI=1S/C24H40O7/c25-12-11-19-20(22(18-21(19)26)31-24-10-4-7-15-29-24)8-2-1-5-13-27-16-17-30-23-9-3-6-14-28-23/h2,8,12,19-24,26H,1,3-7,9-11,13-18H2/t19-,20-,21+,22-,23?,24?/m1/s1. The molecular formula is C24H40O7. The van der Waals surface area contributed by atoms with Gasteiger partial charge in [-0.2, -0.15) is 0 Å². The minimum Gasteiger partial charge on any atom is -0.393 e. The van der Waals surface area contributed by atoms with Crippen molar-refractivity contribution in [1.82, 2.24) is 0 Å². The molecule has 0 radical (unpaired) electrons. The van der Waals surface area contributed by atoms with Gasteiger partial charge in [-0.3, -0.25) is 0 Å². The van der Waals surface area contributed by atoms with E-state index in [4.69, 9.17) is 23.7 Å². The van der Waals surface area contributed by atoms with Crippen LogP contribution in [0.5, 0.6) is 0 Å². The minimum absolute atomic E-state index is 0.0375. The molecule has 2 aliphatic heterocycles. The summed E-state index contributed by atoms with van der Waals surface area (Å²) in [6.07, 6.45) is 13.4. The first-order valence-corrected chi connectivity index (χ1v) is 12.1. The average Bonchev–Trinajstić information content (AvgIpc) is 3.08. The van der Waals surface area contributed by atoms with Gasteiger partial charge in [0.2, 0.25) is 0 Å². The fourth-order valence-corrected chi connectivity index (χ4v) is 4.69. The van der Waals surface area contributed by atoms with Crippen LogP contribution in [0.4, 0.5) is 0 Å². The SMILES string of the molecule is O=CC[C@@H]1[C@@H](C=CCCCOCCOC2CCCCO2)[C@H](OC2CCCCO2)C[C@@H]1O. The number of unbranched alkanes of at least 4 members (excludes halogenated alkanes) is 1. The second-order valence-electron chi connectivity index (χ2n) is 8.77. The van der Waals surface area contributed by atoms with Crippen molar-refractivity contribution in [1.29, 1.82) is 0 Å². The van der Waals surface area contributed by atoms with Gasteiger partial charge < -0.3 is 33.6 Å². The van der Waals surface area contributed by atoms with Crippen LogP contribution in [0.15, 0.2) is 12.2 Å². The van der Waals surface area contributed by atoms with E-state index in [9.17, 15) is 9.90 Å². The zero-order valence-corrected chi connectivity index (χ0v) is 18.7. The zero-order chi connectivity index (χ0) is 21.7. The van der Waals surface area contributed by atoms with E-state index in [1.165, 1.54) is 6.42 Å². The predicted octanol–water partition coefficient (Wildman–Crippen LogP) is 3.38. The molecule has 2 heterocycles. The van der Waals surface area contributed by atoms with E-state index in [1.807, 2.05) is 0 Å². The van der Waals surface area contributed by atoms with Gasteiger partial charge in [0.15, 0.2) is 12.6 Å². The Morgan fingerprint density at radius 2 is 1.74 bits per heavy atom. The Morgan fingerprint density at radius 3 is 2.45 bits per heavy atom. The lowest BCUT2D eigenvalue weighted by atomic mass is 9.90. The van der Waals surface area contributed by atoms with Gasteiger partial charge in [0.25, 0.3) is 0 Å². The Balaban J connectivity index is 1.33. The van der Waals surface area contributed by atoms with E-state index in [1.54, 1.807) is 0 Å². The predicted molar refractivity (Wildman–Crippen MR) is 115 cm³/mol. The van der Waals surface area contributed by atoms with Crippen LogP contribution in [-0.4, -0.2) is 69.2 Å². The molecule has 3 aliphatic rings. The molecule has 0 aromatic heterocycles. The third kappa shape index (κ3) is 8.56. The first-order valence-electron chi connectivity index (χ1n) is 12.1. The van der Waals surface area contributed by atoms with E-state index in [0.29, 0.717) is 32.7 Å². The minimum atomic E-state index is -0.509. The van der Waals surface area contributed by atoms with Crippen LogP contribution in [0.3, 0.4) is 0 Å².